The number of rotatable bonds is 1. The molecule has 1 N–H and O–H groups in total. The summed E-state index contributed by atoms with van der Waals surface area (Å²) >= 11 is 3.37. The molecule has 0 aliphatic rings. The van der Waals surface area contributed by atoms with Crippen molar-refractivity contribution in [1.29, 1.82) is 0 Å². The van der Waals surface area contributed by atoms with Gasteiger partial charge in [0.15, 0.2) is 0 Å². The van der Waals surface area contributed by atoms with E-state index in [0.29, 0.717) is 11.3 Å². The van der Waals surface area contributed by atoms with Crippen LogP contribution in [0.25, 0.3) is 22.7 Å². The standard InChI is InChI=1S/C9H5BrN4O/c10-6-3-1-5(2-4-6)7-11-8-9(12-7)14-15-13-8/h1-4H,(H,11,12,13,14). The zero-order valence-electron chi connectivity index (χ0n) is 7.44. The predicted octanol–water partition coefficient (Wildman–Crippen LogP) is 2.38. The van der Waals surface area contributed by atoms with Gasteiger partial charge in [0.05, 0.1) is 0 Å². The number of H-pyrrole nitrogens is 1. The van der Waals surface area contributed by atoms with Crippen molar-refractivity contribution in [3.63, 3.8) is 0 Å². The molecule has 3 aromatic rings. The average molecular weight is 265 g/mol. The molecule has 0 spiro atoms. The molecule has 2 heterocycles. The van der Waals surface area contributed by atoms with Crippen LogP contribution in [0.3, 0.4) is 0 Å². The van der Waals surface area contributed by atoms with Crippen LogP contribution in [0.1, 0.15) is 0 Å². The maximum atomic E-state index is 4.51. The highest BCUT2D eigenvalue weighted by molar-refractivity contribution is 9.10. The SMILES string of the molecule is Brc1ccc(-c2nc3nonc3[nH]2)cc1. The van der Waals surface area contributed by atoms with Crippen LogP contribution in [-0.2, 0) is 0 Å². The van der Waals surface area contributed by atoms with Gasteiger partial charge in [-0.2, -0.15) is 0 Å². The topological polar surface area (TPSA) is 67.6 Å². The highest BCUT2D eigenvalue weighted by Gasteiger charge is 2.08. The van der Waals surface area contributed by atoms with Gasteiger partial charge in [0, 0.05) is 10.0 Å². The Balaban J connectivity index is 2.13. The number of halogens is 1. The lowest BCUT2D eigenvalue weighted by molar-refractivity contribution is 0.313. The van der Waals surface area contributed by atoms with E-state index in [0.717, 1.165) is 15.9 Å². The molecule has 3 rings (SSSR count). The van der Waals surface area contributed by atoms with Gasteiger partial charge < -0.3 is 4.98 Å². The number of fused-ring (bicyclic) bond motifs is 1. The molecule has 74 valence electrons. The molecule has 15 heavy (non-hydrogen) atoms. The fourth-order valence-corrected chi connectivity index (χ4v) is 1.59. The first-order valence-corrected chi connectivity index (χ1v) is 5.06. The van der Waals surface area contributed by atoms with Gasteiger partial charge in [0.25, 0.3) is 0 Å². The zero-order valence-corrected chi connectivity index (χ0v) is 9.02. The Morgan fingerprint density at radius 1 is 1.13 bits per heavy atom. The van der Waals surface area contributed by atoms with Crippen LogP contribution >= 0.6 is 15.9 Å². The first-order chi connectivity index (χ1) is 7.33. The summed E-state index contributed by atoms with van der Waals surface area (Å²) in [6.45, 7) is 0. The third-order valence-corrected chi connectivity index (χ3v) is 2.57. The van der Waals surface area contributed by atoms with Gasteiger partial charge in [-0.05, 0) is 22.4 Å². The molecular formula is C9H5BrN4O. The lowest BCUT2D eigenvalue weighted by Gasteiger charge is -1.95. The predicted molar refractivity (Wildman–Crippen MR) is 57.1 cm³/mol. The van der Waals surface area contributed by atoms with E-state index in [4.69, 9.17) is 0 Å². The van der Waals surface area contributed by atoms with Gasteiger partial charge in [0.2, 0.25) is 11.3 Å². The number of imidazole rings is 1. The van der Waals surface area contributed by atoms with Crippen molar-refractivity contribution >= 4 is 27.2 Å². The van der Waals surface area contributed by atoms with E-state index < -0.39 is 0 Å². The monoisotopic (exact) mass is 264 g/mol. The van der Waals surface area contributed by atoms with Crippen molar-refractivity contribution in [2.24, 2.45) is 0 Å². The van der Waals surface area contributed by atoms with Crippen molar-refractivity contribution in [3.8, 4) is 11.4 Å². The van der Waals surface area contributed by atoms with E-state index in [1.807, 2.05) is 24.3 Å². The minimum Gasteiger partial charge on any atom is -0.318 e. The van der Waals surface area contributed by atoms with E-state index in [2.05, 4.69) is 40.8 Å². The van der Waals surface area contributed by atoms with Crippen LogP contribution in [-0.4, -0.2) is 20.3 Å². The number of nitrogens with zero attached hydrogens (tertiary/aromatic N) is 3. The number of hydrogen-bond acceptors (Lipinski definition) is 4. The fraction of sp³-hybridized carbons (Fsp3) is 0. The van der Waals surface area contributed by atoms with Crippen LogP contribution in [0.4, 0.5) is 0 Å². The lowest BCUT2D eigenvalue weighted by atomic mass is 10.2. The normalized spacial score (nSPS) is 11.0. The summed E-state index contributed by atoms with van der Waals surface area (Å²) < 4.78 is 5.54. The molecule has 0 aliphatic carbocycles. The second-order valence-electron chi connectivity index (χ2n) is 3.03. The van der Waals surface area contributed by atoms with Gasteiger partial charge in [-0.25, -0.2) is 9.61 Å². The van der Waals surface area contributed by atoms with E-state index >= 15 is 0 Å². The Bertz CT molecular complexity index is 569. The Kier molecular flexibility index (Phi) is 1.81. The maximum Gasteiger partial charge on any atom is 0.243 e. The molecule has 5 nitrogen and oxygen atoms in total. The molecule has 0 atom stereocenters. The van der Waals surface area contributed by atoms with Crippen LogP contribution in [0, 0.1) is 0 Å². The second kappa shape index (κ2) is 3.16. The fourth-order valence-electron chi connectivity index (χ4n) is 1.33. The molecule has 0 aliphatic heterocycles. The summed E-state index contributed by atoms with van der Waals surface area (Å²) in [6, 6.07) is 7.82. The van der Waals surface area contributed by atoms with E-state index in [1.165, 1.54) is 0 Å². The smallest absolute Gasteiger partial charge is 0.243 e. The Labute approximate surface area is 92.6 Å². The summed E-state index contributed by atoms with van der Waals surface area (Å²) in [7, 11) is 0. The summed E-state index contributed by atoms with van der Waals surface area (Å²) in [4.78, 5) is 7.25. The van der Waals surface area contributed by atoms with Gasteiger partial charge in [-0.15, -0.1) is 0 Å². The highest BCUT2D eigenvalue weighted by atomic mass is 79.9. The second-order valence-corrected chi connectivity index (χ2v) is 3.94. The molecule has 0 radical (unpaired) electrons. The van der Waals surface area contributed by atoms with Gasteiger partial charge in [-0.1, -0.05) is 28.1 Å². The maximum absolute atomic E-state index is 4.51. The first-order valence-electron chi connectivity index (χ1n) is 4.27. The number of benzene rings is 1. The summed E-state index contributed by atoms with van der Waals surface area (Å²) in [5.74, 6) is 0.739. The van der Waals surface area contributed by atoms with E-state index in [-0.39, 0.29) is 0 Å². The zero-order chi connectivity index (χ0) is 10.3. The molecule has 1 aromatic carbocycles. The molecule has 0 bridgehead atoms. The van der Waals surface area contributed by atoms with E-state index in [9.17, 15) is 0 Å². The van der Waals surface area contributed by atoms with Crippen molar-refractivity contribution in [2.45, 2.75) is 0 Å². The number of nitrogens with one attached hydrogen (secondary N) is 1. The molecular weight excluding hydrogens is 260 g/mol. The summed E-state index contributed by atoms with van der Waals surface area (Å²) in [5.41, 5.74) is 2.04. The lowest BCUT2D eigenvalue weighted by Crippen LogP contribution is -1.80. The van der Waals surface area contributed by atoms with Crippen LogP contribution < -0.4 is 0 Å². The van der Waals surface area contributed by atoms with Crippen molar-refractivity contribution in [3.05, 3.63) is 28.7 Å². The molecule has 0 saturated carbocycles. The molecule has 2 aromatic heterocycles. The molecule has 6 heteroatoms. The first kappa shape index (κ1) is 8.60. The van der Waals surface area contributed by atoms with E-state index in [1.54, 1.807) is 0 Å². The Hall–Kier alpha value is -1.69. The van der Waals surface area contributed by atoms with Crippen LogP contribution in [0.15, 0.2) is 33.4 Å². The molecule has 0 saturated heterocycles. The summed E-state index contributed by atoms with van der Waals surface area (Å²) in [5, 5.41) is 7.31. The third kappa shape index (κ3) is 1.42. The number of aromatic nitrogens is 4. The quantitative estimate of drug-likeness (QED) is 0.733. The third-order valence-electron chi connectivity index (χ3n) is 2.04. The molecule has 0 fully saturated rings. The average Bonchev–Trinajstić information content (AvgIpc) is 2.78. The van der Waals surface area contributed by atoms with Crippen molar-refractivity contribution < 1.29 is 4.63 Å². The molecule has 0 unspecified atom stereocenters. The number of hydrogen-bond donors (Lipinski definition) is 1. The number of aromatic amines is 1. The molecule has 0 amide bonds. The van der Waals surface area contributed by atoms with Crippen LogP contribution in [0.2, 0.25) is 0 Å². The van der Waals surface area contributed by atoms with Gasteiger partial charge in [-0.3, -0.25) is 0 Å². The minimum atomic E-state index is 0.493. The Morgan fingerprint density at radius 2 is 1.93 bits per heavy atom. The van der Waals surface area contributed by atoms with Crippen molar-refractivity contribution in [2.75, 3.05) is 0 Å². The summed E-state index contributed by atoms with van der Waals surface area (Å²) in [6.07, 6.45) is 0. The largest absolute Gasteiger partial charge is 0.318 e. The minimum absolute atomic E-state index is 0.493. The van der Waals surface area contributed by atoms with Gasteiger partial charge in [0.1, 0.15) is 5.82 Å². The van der Waals surface area contributed by atoms with Crippen molar-refractivity contribution in [1.82, 2.24) is 20.3 Å². The van der Waals surface area contributed by atoms with Gasteiger partial charge >= 0.3 is 0 Å². The highest BCUT2D eigenvalue weighted by Crippen LogP contribution is 2.20. The Morgan fingerprint density at radius 3 is 2.67 bits per heavy atom. The van der Waals surface area contributed by atoms with Crippen LogP contribution in [0.5, 0.6) is 0 Å².